The van der Waals surface area contributed by atoms with Crippen molar-refractivity contribution in [3.63, 3.8) is 0 Å². The van der Waals surface area contributed by atoms with Crippen molar-refractivity contribution in [2.45, 2.75) is 4.90 Å². The van der Waals surface area contributed by atoms with Gasteiger partial charge in [0.2, 0.25) is 0 Å². The van der Waals surface area contributed by atoms with E-state index in [0.717, 1.165) is 0 Å². The number of halogens is 1. The van der Waals surface area contributed by atoms with Gasteiger partial charge >= 0.3 is 0 Å². The molecule has 0 bridgehead atoms. The van der Waals surface area contributed by atoms with Crippen LogP contribution < -0.4 is 5.73 Å². The molecule has 1 aromatic rings. The molecule has 0 spiro atoms. The Bertz CT molecular complexity index is 340. The average Bonchev–Trinajstić information content (AvgIpc) is 1.94. The quantitative estimate of drug-likeness (QED) is 0.512. The van der Waals surface area contributed by atoms with E-state index >= 15 is 0 Å². The molecule has 0 aliphatic heterocycles. The molecular formula is C6H6ClNO2S. The summed E-state index contributed by atoms with van der Waals surface area (Å²) in [6, 6.07) is 4.19. The van der Waals surface area contributed by atoms with Crippen LogP contribution >= 0.6 is 11.6 Å². The Hall–Kier alpha value is -0.740. The van der Waals surface area contributed by atoms with E-state index in [1.54, 1.807) is 0 Å². The third-order valence-electron chi connectivity index (χ3n) is 1.19. The van der Waals surface area contributed by atoms with Crippen LogP contribution in [-0.2, 0) is 10.7 Å². The highest BCUT2D eigenvalue weighted by Gasteiger charge is 1.98. The monoisotopic (exact) mass is 191 g/mol. The lowest BCUT2D eigenvalue weighted by Crippen LogP contribution is -1.88. The normalized spacial score (nSPS) is 10.4. The summed E-state index contributed by atoms with van der Waals surface area (Å²) in [6.45, 7) is 0. The van der Waals surface area contributed by atoms with Gasteiger partial charge in [-0.05, 0) is 18.2 Å². The van der Waals surface area contributed by atoms with Crippen molar-refractivity contribution in [2.75, 3.05) is 5.73 Å². The highest BCUT2D eigenvalue weighted by molar-refractivity contribution is 7.72. The van der Waals surface area contributed by atoms with E-state index in [2.05, 4.69) is 0 Å². The first-order chi connectivity index (χ1) is 5.11. The van der Waals surface area contributed by atoms with Gasteiger partial charge in [-0.15, -0.1) is 0 Å². The molecule has 0 unspecified atom stereocenters. The van der Waals surface area contributed by atoms with Gasteiger partial charge in [0.1, 0.15) is 0 Å². The highest BCUT2D eigenvalue weighted by Crippen LogP contribution is 2.19. The molecule has 0 radical (unpaired) electrons. The molecule has 60 valence electrons. The summed E-state index contributed by atoms with van der Waals surface area (Å²) in [5.41, 5.74) is 5.64. The molecule has 0 aliphatic rings. The van der Waals surface area contributed by atoms with Gasteiger partial charge in [-0.3, -0.25) is 0 Å². The van der Waals surface area contributed by atoms with Gasteiger partial charge in [0.25, 0.3) is 0 Å². The van der Waals surface area contributed by atoms with Crippen LogP contribution in [0, 0.1) is 0 Å². The second-order valence-electron chi connectivity index (χ2n) is 1.96. The van der Waals surface area contributed by atoms with E-state index in [1.165, 1.54) is 18.2 Å². The SMILES string of the molecule is Nc1cc([SH](=O)=O)ccc1Cl. The summed E-state index contributed by atoms with van der Waals surface area (Å²) in [5.74, 6) is 0. The first kappa shape index (κ1) is 8.36. The number of nitrogen functional groups attached to an aromatic ring is 1. The summed E-state index contributed by atoms with van der Waals surface area (Å²) in [4.78, 5) is 0.182. The van der Waals surface area contributed by atoms with Crippen LogP contribution in [0.1, 0.15) is 0 Å². The van der Waals surface area contributed by atoms with Gasteiger partial charge in [-0.1, -0.05) is 11.6 Å². The van der Waals surface area contributed by atoms with Crippen LogP contribution in [0.2, 0.25) is 5.02 Å². The number of nitrogens with two attached hydrogens (primary N) is 1. The Labute approximate surface area is 70.7 Å². The number of rotatable bonds is 1. The minimum absolute atomic E-state index is 0.182. The van der Waals surface area contributed by atoms with Crippen LogP contribution in [0.25, 0.3) is 0 Å². The number of thiol groups is 1. The molecule has 0 saturated carbocycles. The highest BCUT2D eigenvalue weighted by atomic mass is 35.5. The zero-order valence-electron chi connectivity index (χ0n) is 5.45. The number of hydrogen-bond donors (Lipinski definition) is 2. The fourth-order valence-corrected chi connectivity index (χ4v) is 1.20. The van der Waals surface area contributed by atoms with Gasteiger partial charge in [-0.2, -0.15) is 0 Å². The van der Waals surface area contributed by atoms with Crippen molar-refractivity contribution in [1.82, 2.24) is 0 Å². The minimum Gasteiger partial charge on any atom is -0.397 e. The van der Waals surface area contributed by atoms with E-state index < -0.39 is 10.7 Å². The van der Waals surface area contributed by atoms with E-state index in [4.69, 9.17) is 17.3 Å². The van der Waals surface area contributed by atoms with Gasteiger partial charge in [0, 0.05) is 0 Å². The van der Waals surface area contributed by atoms with Gasteiger partial charge in [0.15, 0.2) is 10.7 Å². The predicted octanol–water partition coefficient (Wildman–Crippen LogP) is 0.893. The summed E-state index contributed by atoms with van der Waals surface area (Å²) in [7, 11) is -2.56. The molecule has 0 saturated heterocycles. The third-order valence-corrected chi connectivity index (χ3v) is 2.23. The fraction of sp³-hybridized carbons (Fsp3) is 0. The van der Waals surface area contributed by atoms with Gasteiger partial charge in [-0.25, -0.2) is 8.42 Å². The number of anilines is 1. The molecule has 0 fully saturated rings. The Balaban J connectivity index is 3.26. The Morgan fingerprint density at radius 1 is 1.36 bits per heavy atom. The summed E-state index contributed by atoms with van der Waals surface area (Å²) in [6.07, 6.45) is 0. The van der Waals surface area contributed by atoms with Crippen molar-refractivity contribution in [3.8, 4) is 0 Å². The maximum atomic E-state index is 10.4. The fourth-order valence-electron chi connectivity index (χ4n) is 0.645. The minimum atomic E-state index is -2.56. The largest absolute Gasteiger partial charge is 0.397 e. The first-order valence-corrected chi connectivity index (χ1v) is 4.36. The molecular weight excluding hydrogens is 186 g/mol. The molecule has 0 amide bonds. The molecule has 11 heavy (non-hydrogen) atoms. The lowest BCUT2D eigenvalue weighted by Gasteiger charge is -1.96. The van der Waals surface area contributed by atoms with Crippen molar-refractivity contribution >= 4 is 28.0 Å². The number of benzene rings is 1. The average molecular weight is 192 g/mol. The van der Waals surface area contributed by atoms with Crippen LogP contribution in [0.5, 0.6) is 0 Å². The van der Waals surface area contributed by atoms with E-state index in [1.807, 2.05) is 0 Å². The Morgan fingerprint density at radius 3 is 2.45 bits per heavy atom. The van der Waals surface area contributed by atoms with Crippen molar-refractivity contribution < 1.29 is 8.42 Å². The summed E-state index contributed by atoms with van der Waals surface area (Å²) >= 11 is 5.56. The molecule has 1 rings (SSSR count). The van der Waals surface area contributed by atoms with Crippen molar-refractivity contribution in [3.05, 3.63) is 23.2 Å². The van der Waals surface area contributed by atoms with Crippen molar-refractivity contribution in [2.24, 2.45) is 0 Å². The molecule has 2 N–H and O–H groups in total. The Kier molecular flexibility index (Phi) is 2.36. The maximum absolute atomic E-state index is 10.4. The third kappa shape index (κ3) is 1.85. The first-order valence-electron chi connectivity index (χ1n) is 2.80. The lowest BCUT2D eigenvalue weighted by atomic mass is 10.3. The van der Waals surface area contributed by atoms with Crippen LogP contribution in [0.3, 0.4) is 0 Å². The van der Waals surface area contributed by atoms with Gasteiger partial charge < -0.3 is 5.73 Å². The lowest BCUT2D eigenvalue weighted by molar-refractivity contribution is 0.614. The van der Waals surface area contributed by atoms with E-state index in [-0.39, 0.29) is 10.6 Å². The molecule has 0 aliphatic carbocycles. The van der Waals surface area contributed by atoms with E-state index in [9.17, 15) is 8.42 Å². The van der Waals surface area contributed by atoms with Gasteiger partial charge in [0.05, 0.1) is 15.6 Å². The number of hydrogen-bond acceptors (Lipinski definition) is 3. The van der Waals surface area contributed by atoms with E-state index in [0.29, 0.717) is 5.02 Å². The molecule has 0 atom stereocenters. The summed E-state index contributed by atoms with van der Waals surface area (Å²) in [5, 5.41) is 0.366. The second kappa shape index (κ2) is 3.11. The summed E-state index contributed by atoms with van der Waals surface area (Å²) < 4.78 is 20.8. The van der Waals surface area contributed by atoms with Crippen LogP contribution in [-0.4, -0.2) is 8.42 Å². The van der Waals surface area contributed by atoms with Crippen LogP contribution in [0.4, 0.5) is 5.69 Å². The molecule has 3 nitrogen and oxygen atoms in total. The second-order valence-corrected chi connectivity index (χ2v) is 3.40. The molecule has 0 heterocycles. The topological polar surface area (TPSA) is 60.2 Å². The standard InChI is InChI=1S/C6H6ClNO2S/c7-5-2-1-4(11(9)10)3-6(5)8/h1-3,11H,8H2. The molecule has 5 heteroatoms. The molecule has 0 aromatic heterocycles. The van der Waals surface area contributed by atoms with Crippen molar-refractivity contribution in [1.29, 1.82) is 0 Å². The molecule has 1 aromatic carbocycles. The Morgan fingerprint density at radius 2 is 2.00 bits per heavy atom. The smallest absolute Gasteiger partial charge is 0.168 e. The predicted molar refractivity (Wildman–Crippen MR) is 44.4 cm³/mol. The zero-order valence-corrected chi connectivity index (χ0v) is 7.10. The van der Waals surface area contributed by atoms with Crippen LogP contribution in [0.15, 0.2) is 23.1 Å². The maximum Gasteiger partial charge on any atom is 0.168 e. The zero-order chi connectivity index (χ0) is 8.43.